The lowest BCUT2D eigenvalue weighted by Gasteiger charge is -2.29. The molecule has 1 N–H and O–H groups in total. The van der Waals surface area contributed by atoms with Crippen molar-refractivity contribution >= 4 is 5.84 Å². The summed E-state index contributed by atoms with van der Waals surface area (Å²) in [4.78, 5) is 10.8. The topological polar surface area (TPSA) is 66.6 Å². The Morgan fingerprint density at radius 1 is 1.37 bits per heavy atom. The van der Waals surface area contributed by atoms with Gasteiger partial charge in [-0.1, -0.05) is 24.3 Å². The molecule has 0 aromatic heterocycles. The first-order valence-electron chi connectivity index (χ1n) is 9.64. The number of nitriles is 1. The summed E-state index contributed by atoms with van der Waals surface area (Å²) in [5, 5.41) is 9.52. The van der Waals surface area contributed by atoms with E-state index < -0.39 is 5.72 Å². The minimum atomic E-state index is -0.751. The van der Waals surface area contributed by atoms with E-state index in [0.717, 1.165) is 30.7 Å². The van der Waals surface area contributed by atoms with Crippen LogP contribution in [0.1, 0.15) is 50.3 Å². The monoisotopic (exact) mass is 363 g/mol. The maximum atomic E-state index is 9.52. The molecular formula is C22H25N3O2. The van der Waals surface area contributed by atoms with Gasteiger partial charge >= 0.3 is 0 Å². The molecule has 0 fully saturated rings. The van der Waals surface area contributed by atoms with Gasteiger partial charge in [-0.3, -0.25) is 0 Å². The molecule has 0 saturated carbocycles. The number of nitrogens with one attached hydrogen (secondary N) is 1. The van der Waals surface area contributed by atoms with Crippen molar-refractivity contribution in [3.63, 3.8) is 0 Å². The molecular weight excluding hydrogens is 338 g/mol. The number of aryl methyl sites for hydroxylation is 1. The van der Waals surface area contributed by atoms with Crippen LogP contribution in [0, 0.1) is 17.2 Å². The maximum absolute atomic E-state index is 9.52. The van der Waals surface area contributed by atoms with Crippen LogP contribution in [-0.4, -0.2) is 17.7 Å². The highest BCUT2D eigenvalue weighted by molar-refractivity contribution is 6.00. The third kappa shape index (κ3) is 3.26. The molecule has 27 heavy (non-hydrogen) atoms. The highest BCUT2D eigenvalue weighted by Gasteiger charge is 2.41. The zero-order valence-electron chi connectivity index (χ0n) is 16.1. The van der Waals surface area contributed by atoms with Crippen LogP contribution in [0.2, 0.25) is 0 Å². The van der Waals surface area contributed by atoms with Gasteiger partial charge in [0.1, 0.15) is 11.8 Å². The molecule has 2 aliphatic carbocycles. The molecule has 1 heterocycles. The summed E-state index contributed by atoms with van der Waals surface area (Å²) in [6, 6.07) is 8.65. The van der Waals surface area contributed by atoms with Crippen LogP contribution < -0.4 is 5.48 Å². The van der Waals surface area contributed by atoms with Crippen LogP contribution in [0.15, 0.2) is 46.7 Å². The molecule has 1 aromatic carbocycles. The van der Waals surface area contributed by atoms with Gasteiger partial charge < -0.3 is 4.74 Å². The fraction of sp³-hybridized carbons (Fsp3) is 0.455. The van der Waals surface area contributed by atoms with E-state index >= 15 is 0 Å². The van der Waals surface area contributed by atoms with Crippen LogP contribution >= 0.6 is 0 Å². The Morgan fingerprint density at radius 3 is 3.00 bits per heavy atom. The molecule has 0 bridgehead atoms. The van der Waals surface area contributed by atoms with Crippen molar-refractivity contribution < 1.29 is 9.57 Å². The molecule has 5 heteroatoms. The number of benzene rings is 1. The number of hydrogen-bond acceptors (Lipinski definition) is 5. The van der Waals surface area contributed by atoms with Gasteiger partial charge in [0.05, 0.1) is 11.7 Å². The molecule has 2 atom stereocenters. The van der Waals surface area contributed by atoms with Gasteiger partial charge in [0.25, 0.3) is 0 Å². The summed E-state index contributed by atoms with van der Waals surface area (Å²) in [6.45, 7) is 5.89. The van der Waals surface area contributed by atoms with Gasteiger partial charge in [0.2, 0.25) is 0 Å². The Hall–Kier alpha value is -2.58. The van der Waals surface area contributed by atoms with Crippen molar-refractivity contribution in [2.75, 3.05) is 0 Å². The molecule has 5 nitrogen and oxygen atoms in total. The largest absolute Gasteiger partial charge is 0.490 e. The molecule has 0 saturated heterocycles. The third-order valence-electron chi connectivity index (χ3n) is 5.45. The third-order valence-corrected chi connectivity index (χ3v) is 5.45. The zero-order chi connectivity index (χ0) is 19.0. The minimum absolute atomic E-state index is 0.0339. The van der Waals surface area contributed by atoms with Gasteiger partial charge in [0, 0.05) is 11.5 Å². The second-order valence-corrected chi connectivity index (χ2v) is 7.79. The van der Waals surface area contributed by atoms with Crippen molar-refractivity contribution in [2.24, 2.45) is 10.9 Å². The molecule has 0 spiro atoms. The van der Waals surface area contributed by atoms with Crippen molar-refractivity contribution in [1.82, 2.24) is 5.48 Å². The molecule has 2 unspecified atom stereocenters. The van der Waals surface area contributed by atoms with E-state index in [9.17, 15) is 5.26 Å². The Kier molecular flexibility index (Phi) is 4.53. The standard InChI is InChI=1S/C22H25N3O2/c1-14(2)26-20-11-10-17(12-16(20)13-23)22(3)24-21(25-27-22)19-9-5-7-15-6-4-8-18(15)19/h5,7,9,11-12,14,17H,4,6,8,10H2,1-3H3,(H,24,25). The summed E-state index contributed by atoms with van der Waals surface area (Å²) in [5.74, 6) is 1.41. The second-order valence-electron chi connectivity index (χ2n) is 7.79. The first kappa shape index (κ1) is 17.8. The molecule has 0 amide bonds. The van der Waals surface area contributed by atoms with E-state index in [1.54, 1.807) is 0 Å². The van der Waals surface area contributed by atoms with Gasteiger partial charge in [0.15, 0.2) is 11.6 Å². The Balaban J connectivity index is 1.61. The van der Waals surface area contributed by atoms with Gasteiger partial charge in [-0.2, -0.15) is 5.26 Å². The highest BCUT2D eigenvalue weighted by atomic mass is 16.7. The molecule has 4 rings (SSSR count). The van der Waals surface area contributed by atoms with E-state index in [1.165, 1.54) is 17.5 Å². The molecule has 1 aliphatic heterocycles. The number of amidine groups is 1. The first-order chi connectivity index (χ1) is 13.0. The zero-order valence-corrected chi connectivity index (χ0v) is 16.1. The summed E-state index contributed by atoms with van der Waals surface area (Å²) < 4.78 is 5.76. The number of allylic oxidation sites excluding steroid dienone is 2. The van der Waals surface area contributed by atoms with Gasteiger partial charge in [-0.15, -0.1) is 0 Å². The molecule has 0 radical (unpaired) electrons. The molecule has 1 aromatic rings. The minimum Gasteiger partial charge on any atom is -0.490 e. The lowest BCUT2D eigenvalue weighted by Crippen LogP contribution is -2.35. The number of ether oxygens (including phenoxy) is 1. The van der Waals surface area contributed by atoms with E-state index in [-0.39, 0.29) is 12.0 Å². The lowest BCUT2D eigenvalue weighted by molar-refractivity contribution is -0.0682. The predicted molar refractivity (Wildman–Crippen MR) is 104 cm³/mol. The average Bonchev–Trinajstić information content (AvgIpc) is 3.28. The highest BCUT2D eigenvalue weighted by Crippen LogP contribution is 2.37. The van der Waals surface area contributed by atoms with Crippen LogP contribution in [0.5, 0.6) is 0 Å². The van der Waals surface area contributed by atoms with Gasteiger partial charge in [-0.05, 0) is 63.7 Å². The van der Waals surface area contributed by atoms with Crippen molar-refractivity contribution in [3.05, 3.63) is 58.4 Å². The fourth-order valence-corrected chi connectivity index (χ4v) is 4.06. The summed E-state index contributed by atoms with van der Waals surface area (Å²) in [5.41, 5.74) is 6.77. The van der Waals surface area contributed by atoms with Crippen molar-refractivity contribution in [3.8, 4) is 6.07 Å². The van der Waals surface area contributed by atoms with Crippen LogP contribution in [-0.2, 0) is 22.4 Å². The molecule has 3 aliphatic rings. The maximum Gasteiger partial charge on any atom is 0.191 e. The smallest absolute Gasteiger partial charge is 0.191 e. The lowest BCUT2D eigenvalue weighted by atomic mass is 9.87. The summed E-state index contributed by atoms with van der Waals surface area (Å²) >= 11 is 0. The SMILES string of the molecule is CC(C)OC1=CCC(C2(C)N=C(c3cccc4c3CCC4)NO2)C=C1C#N. The summed E-state index contributed by atoms with van der Waals surface area (Å²) in [6.07, 6.45) is 8.08. The van der Waals surface area contributed by atoms with Crippen LogP contribution in [0.3, 0.4) is 0 Å². The molecule has 140 valence electrons. The number of fused-ring (bicyclic) bond motifs is 1. The van der Waals surface area contributed by atoms with Crippen LogP contribution in [0.25, 0.3) is 0 Å². The quantitative estimate of drug-likeness (QED) is 0.879. The van der Waals surface area contributed by atoms with E-state index in [0.29, 0.717) is 11.3 Å². The Morgan fingerprint density at radius 2 is 2.22 bits per heavy atom. The first-order valence-corrected chi connectivity index (χ1v) is 9.64. The van der Waals surface area contributed by atoms with Crippen molar-refractivity contribution in [1.29, 1.82) is 5.26 Å². The second kappa shape index (κ2) is 6.86. The van der Waals surface area contributed by atoms with Gasteiger partial charge in [-0.25, -0.2) is 15.3 Å². The number of aliphatic imine (C=N–C) groups is 1. The number of nitrogens with zero attached hydrogens (tertiary/aromatic N) is 2. The normalized spacial score (nSPS) is 26.6. The number of hydroxylamine groups is 1. The predicted octanol–water partition coefficient (Wildman–Crippen LogP) is 3.95. The summed E-state index contributed by atoms with van der Waals surface area (Å²) in [7, 11) is 0. The number of hydrogen-bond donors (Lipinski definition) is 1. The fourth-order valence-electron chi connectivity index (χ4n) is 4.06. The van der Waals surface area contributed by atoms with Crippen molar-refractivity contribution in [2.45, 2.75) is 58.3 Å². The Labute approximate surface area is 160 Å². The average molecular weight is 363 g/mol. The van der Waals surface area contributed by atoms with Crippen LogP contribution in [0.4, 0.5) is 0 Å². The van der Waals surface area contributed by atoms with E-state index in [2.05, 4.69) is 29.7 Å². The Bertz CT molecular complexity index is 891. The van der Waals surface area contributed by atoms with E-state index in [4.69, 9.17) is 14.6 Å². The van der Waals surface area contributed by atoms with E-state index in [1.807, 2.05) is 32.9 Å². The number of rotatable bonds is 4.